The minimum atomic E-state index is -0.428. The molecule has 0 saturated heterocycles. The van der Waals surface area contributed by atoms with Crippen LogP contribution in [0.2, 0.25) is 0 Å². The van der Waals surface area contributed by atoms with Gasteiger partial charge in [0.2, 0.25) is 12.7 Å². The smallest absolute Gasteiger partial charge is 0.338 e. The number of nitrogens with zero attached hydrogens (tertiary/aromatic N) is 2. The van der Waals surface area contributed by atoms with Crippen LogP contribution >= 0.6 is 0 Å². The molecule has 4 rings (SSSR count). The fourth-order valence-corrected chi connectivity index (χ4v) is 4.14. The number of hydrogen-bond donors (Lipinski definition) is 1. The van der Waals surface area contributed by atoms with Crippen molar-refractivity contribution in [1.29, 1.82) is 0 Å². The van der Waals surface area contributed by atoms with Crippen molar-refractivity contribution >= 4 is 23.6 Å². The number of rotatable bonds is 11. The number of hydrogen-bond acceptors (Lipinski definition) is 7. The zero-order valence-corrected chi connectivity index (χ0v) is 22.4. The van der Waals surface area contributed by atoms with Crippen LogP contribution in [0, 0.1) is 6.92 Å². The molecule has 0 radical (unpaired) electrons. The number of esters is 1. The van der Waals surface area contributed by atoms with E-state index in [0.29, 0.717) is 48.0 Å². The Hall–Kier alpha value is -4.47. The standard InChI is InChI=1S/C29H33N3O7/c1-4-14-31(29(35)30-23-10-8-22(9-11-23)28(34)36-5-2)18-27(33)32(17-24-12-6-20(3)39-24)16-21-7-13-25-26(15-21)38-19-37-25/h6-13,15H,4-5,14,16-19H2,1-3H3,(H,30,35). The van der Waals surface area contributed by atoms with Crippen molar-refractivity contribution in [3.05, 3.63) is 77.2 Å². The molecule has 0 fully saturated rings. The maximum Gasteiger partial charge on any atom is 0.338 e. The van der Waals surface area contributed by atoms with Crippen molar-refractivity contribution in [2.75, 3.05) is 31.8 Å². The van der Waals surface area contributed by atoms with E-state index in [4.69, 9.17) is 18.6 Å². The number of nitrogens with one attached hydrogen (secondary N) is 1. The number of carbonyl (C=O) groups is 3. The average Bonchev–Trinajstić information content (AvgIpc) is 3.56. The molecule has 0 aliphatic carbocycles. The molecule has 10 heteroatoms. The molecule has 1 aliphatic heterocycles. The van der Waals surface area contributed by atoms with E-state index >= 15 is 0 Å². The first kappa shape index (κ1) is 27.6. The summed E-state index contributed by atoms with van der Waals surface area (Å²) in [6.45, 7) is 6.78. The average molecular weight is 536 g/mol. The molecule has 0 unspecified atom stereocenters. The summed E-state index contributed by atoms with van der Waals surface area (Å²) >= 11 is 0. The van der Waals surface area contributed by atoms with Crippen molar-refractivity contribution in [3.8, 4) is 11.5 Å². The van der Waals surface area contributed by atoms with Gasteiger partial charge in [-0.1, -0.05) is 13.0 Å². The quantitative estimate of drug-likeness (QED) is 0.345. The molecule has 2 heterocycles. The van der Waals surface area contributed by atoms with Crippen LogP contribution in [0.15, 0.2) is 59.0 Å². The van der Waals surface area contributed by atoms with E-state index in [9.17, 15) is 14.4 Å². The van der Waals surface area contributed by atoms with E-state index in [-0.39, 0.29) is 32.4 Å². The zero-order chi connectivity index (χ0) is 27.8. The third-order valence-corrected chi connectivity index (χ3v) is 6.06. The molecule has 0 bridgehead atoms. The monoisotopic (exact) mass is 535 g/mol. The van der Waals surface area contributed by atoms with Crippen molar-refractivity contribution in [2.45, 2.75) is 40.3 Å². The Labute approximate surface area is 227 Å². The highest BCUT2D eigenvalue weighted by Gasteiger charge is 2.23. The number of urea groups is 1. The molecular weight excluding hydrogens is 502 g/mol. The molecule has 0 atom stereocenters. The van der Waals surface area contributed by atoms with Crippen molar-refractivity contribution in [1.82, 2.24) is 9.80 Å². The number of aryl methyl sites for hydroxylation is 1. The van der Waals surface area contributed by atoms with Crippen molar-refractivity contribution in [2.24, 2.45) is 0 Å². The van der Waals surface area contributed by atoms with Crippen LogP contribution in [0.4, 0.5) is 10.5 Å². The number of amides is 3. The van der Waals surface area contributed by atoms with Gasteiger partial charge in [0.25, 0.3) is 0 Å². The van der Waals surface area contributed by atoms with Crippen LogP contribution < -0.4 is 14.8 Å². The number of carbonyl (C=O) groups excluding carboxylic acids is 3. The third-order valence-electron chi connectivity index (χ3n) is 6.06. The molecular formula is C29H33N3O7. The summed E-state index contributed by atoms with van der Waals surface area (Å²) in [4.78, 5) is 41.7. The summed E-state index contributed by atoms with van der Waals surface area (Å²) in [5.41, 5.74) is 1.76. The molecule has 1 N–H and O–H groups in total. The minimum Gasteiger partial charge on any atom is -0.464 e. The number of benzene rings is 2. The van der Waals surface area contributed by atoms with Crippen LogP contribution in [0.1, 0.15) is 47.7 Å². The fourth-order valence-electron chi connectivity index (χ4n) is 4.14. The molecule has 206 valence electrons. The predicted molar refractivity (Wildman–Crippen MR) is 144 cm³/mol. The van der Waals surface area contributed by atoms with Crippen LogP contribution in [0.25, 0.3) is 0 Å². The Morgan fingerprint density at radius 2 is 1.69 bits per heavy atom. The maximum atomic E-state index is 13.6. The van der Waals surface area contributed by atoms with E-state index in [1.807, 2.05) is 44.2 Å². The van der Waals surface area contributed by atoms with Gasteiger partial charge in [-0.3, -0.25) is 4.79 Å². The van der Waals surface area contributed by atoms with Crippen LogP contribution in [0.5, 0.6) is 11.5 Å². The number of fused-ring (bicyclic) bond motifs is 1. The Morgan fingerprint density at radius 3 is 2.38 bits per heavy atom. The Balaban J connectivity index is 1.46. The normalized spacial score (nSPS) is 11.7. The number of furan rings is 1. The highest BCUT2D eigenvalue weighted by atomic mass is 16.7. The number of anilines is 1. The second-order valence-electron chi connectivity index (χ2n) is 9.10. The lowest BCUT2D eigenvalue weighted by atomic mass is 10.2. The molecule has 3 amide bonds. The second kappa shape index (κ2) is 12.9. The van der Waals surface area contributed by atoms with E-state index in [2.05, 4.69) is 5.32 Å². The minimum absolute atomic E-state index is 0.120. The lowest BCUT2D eigenvalue weighted by Gasteiger charge is -2.27. The van der Waals surface area contributed by atoms with E-state index in [0.717, 1.165) is 11.3 Å². The number of ether oxygens (including phenoxy) is 3. The second-order valence-corrected chi connectivity index (χ2v) is 9.10. The first-order valence-corrected chi connectivity index (χ1v) is 12.9. The van der Waals surface area contributed by atoms with Crippen LogP contribution in [-0.4, -0.2) is 54.2 Å². The van der Waals surface area contributed by atoms with E-state index in [1.165, 1.54) is 4.90 Å². The maximum absolute atomic E-state index is 13.6. The van der Waals surface area contributed by atoms with E-state index in [1.54, 1.807) is 36.1 Å². The molecule has 1 aromatic heterocycles. The molecule has 2 aromatic carbocycles. The van der Waals surface area contributed by atoms with E-state index < -0.39 is 12.0 Å². The molecule has 0 spiro atoms. The van der Waals surface area contributed by atoms with Gasteiger partial charge in [0.1, 0.15) is 18.1 Å². The van der Waals surface area contributed by atoms with Gasteiger partial charge in [-0.2, -0.15) is 0 Å². The summed E-state index contributed by atoms with van der Waals surface area (Å²) in [6.07, 6.45) is 0.669. The Kier molecular flexibility index (Phi) is 9.09. The highest BCUT2D eigenvalue weighted by Crippen LogP contribution is 2.33. The lowest BCUT2D eigenvalue weighted by Crippen LogP contribution is -2.44. The molecule has 1 aliphatic rings. The Bertz CT molecular complexity index is 1300. The van der Waals surface area contributed by atoms with Crippen molar-refractivity contribution < 1.29 is 33.0 Å². The van der Waals surface area contributed by atoms with Gasteiger partial charge in [-0.15, -0.1) is 0 Å². The largest absolute Gasteiger partial charge is 0.464 e. The predicted octanol–water partition coefficient (Wildman–Crippen LogP) is 4.97. The topological polar surface area (TPSA) is 111 Å². The van der Waals surface area contributed by atoms with Crippen LogP contribution in [0.3, 0.4) is 0 Å². The SMILES string of the molecule is CCCN(CC(=O)N(Cc1ccc2c(c1)OCO2)Cc1ccc(C)o1)C(=O)Nc1ccc(C(=O)OCC)cc1. The molecule has 10 nitrogen and oxygen atoms in total. The first-order valence-electron chi connectivity index (χ1n) is 12.9. The van der Waals surface area contributed by atoms with Gasteiger partial charge >= 0.3 is 12.0 Å². The van der Waals surface area contributed by atoms with Gasteiger partial charge in [0, 0.05) is 18.8 Å². The van der Waals surface area contributed by atoms with Gasteiger partial charge in [0.15, 0.2) is 11.5 Å². The van der Waals surface area contributed by atoms with Gasteiger partial charge in [-0.05, 0) is 74.4 Å². The van der Waals surface area contributed by atoms with Crippen LogP contribution in [-0.2, 0) is 22.6 Å². The summed E-state index contributed by atoms with van der Waals surface area (Å²) in [5, 5.41) is 2.82. The zero-order valence-electron chi connectivity index (χ0n) is 22.4. The Morgan fingerprint density at radius 1 is 0.923 bits per heavy atom. The highest BCUT2D eigenvalue weighted by molar-refractivity contribution is 5.94. The fraction of sp³-hybridized carbons (Fsp3) is 0.345. The molecule has 3 aromatic rings. The van der Waals surface area contributed by atoms with Gasteiger partial charge in [0.05, 0.1) is 18.7 Å². The summed E-state index contributed by atoms with van der Waals surface area (Å²) < 4.78 is 21.6. The lowest BCUT2D eigenvalue weighted by molar-refractivity contribution is -0.133. The van der Waals surface area contributed by atoms with Gasteiger partial charge < -0.3 is 33.7 Å². The summed E-state index contributed by atoms with van der Waals surface area (Å²) in [6, 6.07) is 15.3. The molecule has 0 saturated carbocycles. The van der Waals surface area contributed by atoms with Crippen molar-refractivity contribution in [3.63, 3.8) is 0 Å². The third kappa shape index (κ3) is 7.31. The van der Waals surface area contributed by atoms with Gasteiger partial charge in [-0.25, -0.2) is 9.59 Å². The summed E-state index contributed by atoms with van der Waals surface area (Å²) in [5.74, 6) is 2.04. The summed E-state index contributed by atoms with van der Waals surface area (Å²) in [7, 11) is 0. The molecule has 39 heavy (non-hydrogen) atoms. The first-order chi connectivity index (χ1) is 18.9.